The molecule has 0 spiro atoms. The van der Waals surface area contributed by atoms with Crippen molar-refractivity contribution in [3.8, 4) is 50.5 Å². The van der Waals surface area contributed by atoms with E-state index in [-0.39, 0.29) is 24.7 Å². The van der Waals surface area contributed by atoms with Crippen LogP contribution in [0.2, 0.25) is 5.02 Å². The van der Waals surface area contributed by atoms with Gasteiger partial charge < -0.3 is 28.6 Å². The van der Waals surface area contributed by atoms with E-state index in [0.717, 1.165) is 54.3 Å². The molecule has 0 aliphatic carbocycles. The van der Waals surface area contributed by atoms with Gasteiger partial charge in [-0.3, -0.25) is 4.90 Å². The molecule has 302 valence electrons. The number of aliphatic carboxylic acids is 1. The quantitative estimate of drug-likeness (QED) is 0.106. The van der Waals surface area contributed by atoms with Gasteiger partial charge in [-0.25, -0.2) is 29.1 Å². The molecule has 59 heavy (non-hydrogen) atoms. The van der Waals surface area contributed by atoms with Crippen LogP contribution in [0.25, 0.3) is 43.4 Å². The third kappa shape index (κ3) is 9.05. The van der Waals surface area contributed by atoms with Gasteiger partial charge in [-0.05, 0) is 78.7 Å². The largest absolute Gasteiger partial charge is 0.491 e. The fraction of sp³-hybridized carbons (Fsp3) is 0.250. The van der Waals surface area contributed by atoms with Crippen LogP contribution in [-0.2, 0) is 17.8 Å². The zero-order valence-corrected chi connectivity index (χ0v) is 33.9. The highest BCUT2D eigenvalue weighted by Crippen LogP contribution is 2.49. The monoisotopic (exact) mass is 834 g/mol. The first-order chi connectivity index (χ1) is 28.7. The van der Waals surface area contributed by atoms with Gasteiger partial charge in [0.1, 0.15) is 41.7 Å². The number of rotatable bonds is 15. The third-order valence-electron chi connectivity index (χ3n) is 10.2. The van der Waals surface area contributed by atoms with Crippen LogP contribution in [-0.4, -0.2) is 93.3 Å². The Morgan fingerprint density at radius 2 is 1.78 bits per heavy atom. The van der Waals surface area contributed by atoms with E-state index >= 15 is 0 Å². The average Bonchev–Trinajstić information content (AvgIpc) is 3.93. The predicted molar refractivity (Wildman–Crippen MR) is 224 cm³/mol. The summed E-state index contributed by atoms with van der Waals surface area (Å²) >= 11 is 8.40. The van der Waals surface area contributed by atoms with Gasteiger partial charge in [0, 0.05) is 55.8 Å². The first-order valence-electron chi connectivity index (χ1n) is 19.0. The van der Waals surface area contributed by atoms with Crippen molar-refractivity contribution in [1.29, 1.82) is 0 Å². The molecule has 12 nitrogen and oxygen atoms in total. The highest BCUT2D eigenvalue weighted by atomic mass is 35.5. The van der Waals surface area contributed by atoms with E-state index < -0.39 is 12.1 Å². The number of ether oxygens (including phenoxy) is 3. The van der Waals surface area contributed by atoms with Gasteiger partial charge in [-0.2, -0.15) is 0 Å². The highest BCUT2D eigenvalue weighted by Gasteiger charge is 2.28. The maximum absolute atomic E-state index is 14.2. The molecule has 0 amide bonds. The number of para-hydroxylation sites is 1. The molecule has 1 N–H and O–H groups in total. The van der Waals surface area contributed by atoms with Crippen molar-refractivity contribution in [2.75, 3.05) is 46.4 Å². The number of hydrogen-bond acceptors (Lipinski definition) is 12. The van der Waals surface area contributed by atoms with Gasteiger partial charge in [-0.15, -0.1) is 11.3 Å². The molecule has 1 aliphatic heterocycles. The Kier molecular flexibility index (Phi) is 12.1. The molecule has 3 aromatic carbocycles. The summed E-state index contributed by atoms with van der Waals surface area (Å²) in [6, 6.07) is 22.4. The van der Waals surface area contributed by atoms with E-state index in [1.807, 2.05) is 31.2 Å². The summed E-state index contributed by atoms with van der Waals surface area (Å²) in [4.78, 5) is 36.8. The van der Waals surface area contributed by atoms with Crippen LogP contribution >= 0.6 is 22.9 Å². The van der Waals surface area contributed by atoms with Gasteiger partial charge in [-0.1, -0.05) is 48.0 Å². The zero-order chi connectivity index (χ0) is 40.9. The Morgan fingerprint density at radius 3 is 2.56 bits per heavy atom. The number of carboxylic acids is 1. The summed E-state index contributed by atoms with van der Waals surface area (Å²) in [6.45, 7) is 7.27. The lowest BCUT2D eigenvalue weighted by molar-refractivity contribution is -0.145. The lowest BCUT2D eigenvalue weighted by Crippen LogP contribution is -2.45. The molecule has 5 heterocycles. The summed E-state index contributed by atoms with van der Waals surface area (Å²) in [5, 5.41) is 11.5. The van der Waals surface area contributed by atoms with Gasteiger partial charge in [0.25, 0.3) is 0 Å². The summed E-state index contributed by atoms with van der Waals surface area (Å²) in [5.41, 5.74) is 4.12. The van der Waals surface area contributed by atoms with Gasteiger partial charge >= 0.3 is 5.97 Å². The number of fused-ring (bicyclic) bond motifs is 1. The number of aromatic nitrogens is 4. The van der Waals surface area contributed by atoms with Crippen molar-refractivity contribution < 1.29 is 32.9 Å². The topological polar surface area (TPSA) is 136 Å². The second-order valence-electron chi connectivity index (χ2n) is 14.1. The molecule has 0 radical (unpaired) electrons. The molecular formula is C44H40ClFN6O6S. The van der Waals surface area contributed by atoms with E-state index in [1.54, 1.807) is 54.9 Å². The number of carbonyl (C=O) groups is 1. The molecule has 15 heteroatoms. The minimum Gasteiger partial charge on any atom is -0.491 e. The van der Waals surface area contributed by atoms with Crippen molar-refractivity contribution in [3.63, 3.8) is 0 Å². The Hall–Kier alpha value is -5.93. The second kappa shape index (κ2) is 17.9. The molecule has 0 unspecified atom stereocenters. The summed E-state index contributed by atoms with van der Waals surface area (Å²) in [7, 11) is 2.13. The van der Waals surface area contributed by atoms with Crippen LogP contribution in [0, 0.1) is 12.7 Å². The van der Waals surface area contributed by atoms with E-state index in [4.69, 9.17) is 30.2 Å². The van der Waals surface area contributed by atoms with Crippen molar-refractivity contribution in [2.24, 2.45) is 0 Å². The number of hydrogen-bond donors (Lipinski definition) is 1. The lowest BCUT2D eigenvalue weighted by atomic mass is 9.96. The minimum absolute atomic E-state index is 0.0479. The number of likely N-dealkylation sites (N-methyl/N-ethyl adjacent to an activating group) is 1. The van der Waals surface area contributed by atoms with Crippen LogP contribution in [0.5, 0.6) is 17.4 Å². The fourth-order valence-corrected chi connectivity index (χ4v) is 8.31. The van der Waals surface area contributed by atoms with Crippen molar-refractivity contribution in [3.05, 3.63) is 125 Å². The highest BCUT2D eigenvalue weighted by molar-refractivity contribution is 7.22. The summed E-state index contributed by atoms with van der Waals surface area (Å²) < 4.78 is 38.4. The van der Waals surface area contributed by atoms with Crippen LogP contribution in [0.15, 0.2) is 102 Å². The number of furan rings is 1. The van der Waals surface area contributed by atoms with E-state index in [0.29, 0.717) is 61.8 Å². The van der Waals surface area contributed by atoms with Gasteiger partial charge in [0.15, 0.2) is 11.6 Å². The Balaban J connectivity index is 1.09. The van der Waals surface area contributed by atoms with Crippen molar-refractivity contribution in [2.45, 2.75) is 26.1 Å². The molecule has 7 aromatic rings. The molecule has 1 atom stereocenters. The van der Waals surface area contributed by atoms with Gasteiger partial charge in [0.2, 0.25) is 12.0 Å². The number of benzene rings is 3. The normalized spacial score (nSPS) is 14.0. The molecule has 1 fully saturated rings. The predicted octanol–water partition coefficient (Wildman–Crippen LogP) is 8.46. The number of piperazine rings is 1. The maximum Gasteiger partial charge on any atom is 0.345 e. The first-order valence-corrected chi connectivity index (χ1v) is 20.2. The Labute approximate surface area is 348 Å². The smallest absolute Gasteiger partial charge is 0.345 e. The standard InChI is InChI=1S/C44H40ClFN6O6S/c1-27-32(13-14-34(39(27)45)56-23-21-52-19-17-51(2)18-20-52)37-38-42(48-26-49-43(38)59-40(37)28-9-11-30(46)12-10-28)58-36(44(53)54)24-29-6-3-4-7-33(29)57-25-31-15-16-47-41(50-31)35-8-5-22-55-35/h3-16,22,26,36H,17-21,23-25H2,1-2H3,(H,53,54)/t36-/m1/s1. The lowest BCUT2D eigenvalue weighted by Gasteiger charge is -2.32. The van der Waals surface area contributed by atoms with Crippen LogP contribution in [0.1, 0.15) is 16.8 Å². The van der Waals surface area contributed by atoms with E-state index in [2.05, 4.69) is 36.8 Å². The molecule has 4 aromatic heterocycles. The van der Waals surface area contributed by atoms with Crippen molar-refractivity contribution >= 4 is 39.1 Å². The number of nitrogens with zero attached hydrogens (tertiary/aromatic N) is 6. The molecule has 0 saturated carbocycles. The van der Waals surface area contributed by atoms with E-state index in [9.17, 15) is 14.3 Å². The van der Waals surface area contributed by atoms with Crippen LogP contribution < -0.4 is 14.2 Å². The van der Waals surface area contributed by atoms with Crippen LogP contribution in [0.3, 0.4) is 0 Å². The van der Waals surface area contributed by atoms with Crippen molar-refractivity contribution in [1.82, 2.24) is 29.7 Å². The maximum atomic E-state index is 14.2. The molecular weight excluding hydrogens is 795 g/mol. The Morgan fingerprint density at radius 1 is 0.966 bits per heavy atom. The summed E-state index contributed by atoms with van der Waals surface area (Å²) in [5.74, 6) is 0.493. The Bertz CT molecular complexity index is 2560. The average molecular weight is 835 g/mol. The molecule has 0 bridgehead atoms. The van der Waals surface area contributed by atoms with Crippen LogP contribution in [0.4, 0.5) is 4.39 Å². The summed E-state index contributed by atoms with van der Waals surface area (Å²) in [6.07, 6.45) is 3.10. The molecule has 1 saturated heterocycles. The fourth-order valence-electron chi connectivity index (χ4n) is 6.94. The first kappa shape index (κ1) is 39.9. The number of thiophene rings is 1. The second-order valence-corrected chi connectivity index (χ2v) is 15.5. The molecule has 8 rings (SSSR count). The van der Waals surface area contributed by atoms with E-state index in [1.165, 1.54) is 29.8 Å². The van der Waals surface area contributed by atoms with Gasteiger partial charge in [0.05, 0.1) is 22.4 Å². The minimum atomic E-state index is -1.37. The number of halogens is 2. The SMILES string of the molecule is Cc1c(-c2c(-c3ccc(F)cc3)sc3ncnc(O[C@H](Cc4ccccc4OCc4ccnc(-c5ccco5)n4)C(=O)O)c23)ccc(OCCN2CCN(C)CC2)c1Cl. The molecule has 1 aliphatic rings. The zero-order valence-electron chi connectivity index (χ0n) is 32.3. The third-order valence-corrected chi connectivity index (χ3v) is 11.8. The number of carboxylic acid groups (broad SMARTS) is 1.